The van der Waals surface area contributed by atoms with E-state index < -0.39 is 0 Å². The van der Waals surface area contributed by atoms with E-state index in [2.05, 4.69) is 52.7 Å². The van der Waals surface area contributed by atoms with Crippen molar-refractivity contribution in [1.82, 2.24) is 0 Å². The van der Waals surface area contributed by atoms with Gasteiger partial charge in [0.15, 0.2) is 0 Å². The van der Waals surface area contributed by atoms with Gasteiger partial charge in [-0.2, -0.15) is 0 Å². The molecule has 2 aromatic carbocycles. The second-order valence-electron chi connectivity index (χ2n) is 5.98. The van der Waals surface area contributed by atoms with Crippen molar-refractivity contribution in [1.29, 1.82) is 0 Å². The van der Waals surface area contributed by atoms with Gasteiger partial charge in [-0.3, -0.25) is 0 Å². The van der Waals surface area contributed by atoms with E-state index in [1.165, 1.54) is 29.8 Å². The number of nitrogens with two attached hydrogens (primary N) is 1. The molecular formula is C19H25N3. The number of nitrogen functional groups attached to an aromatic ring is 1. The Balaban J connectivity index is 1.49. The van der Waals surface area contributed by atoms with E-state index in [-0.39, 0.29) is 0 Å². The van der Waals surface area contributed by atoms with Crippen LogP contribution in [0.25, 0.3) is 0 Å². The Morgan fingerprint density at radius 1 is 1.00 bits per heavy atom. The molecule has 1 aliphatic rings. The number of benzene rings is 2. The molecule has 0 aromatic heterocycles. The summed E-state index contributed by atoms with van der Waals surface area (Å²) in [5, 5.41) is 3.45. The first-order chi connectivity index (χ1) is 10.8. The molecule has 1 fully saturated rings. The molecule has 0 unspecified atom stereocenters. The van der Waals surface area contributed by atoms with Gasteiger partial charge < -0.3 is 16.0 Å². The highest BCUT2D eigenvalue weighted by Gasteiger charge is 2.14. The quantitative estimate of drug-likeness (QED) is 0.627. The fraction of sp³-hybridized carbons (Fsp3) is 0.368. The van der Waals surface area contributed by atoms with E-state index in [0.29, 0.717) is 0 Å². The first-order valence-corrected chi connectivity index (χ1v) is 8.25. The Kier molecular flexibility index (Phi) is 4.84. The largest absolute Gasteiger partial charge is 0.397 e. The molecule has 3 rings (SSSR count). The predicted molar refractivity (Wildman–Crippen MR) is 95.6 cm³/mol. The lowest BCUT2D eigenvalue weighted by Crippen LogP contribution is -2.19. The topological polar surface area (TPSA) is 41.3 Å². The lowest BCUT2D eigenvalue weighted by atomic mass is 10.1. The molecule has 3 nitrogen and oxygen atoms in total. The molecule has 1 heterocycles. The third-order valence-corrected chi connectivity index (χ3v) is 4.28. The molecule has 0 saturated carbocycles. The van der Waals surface area contributed by atoms with Gasteiger partial charge in [-0.1, -0.05) is 24.3 Å². The molecule has 1 saturated heterocycles. The number of rotatable bonds is 6. The Bertz CT molecular complexity index is 589. The molecule has 3 heteroatoms. The fourth-order valence-corrected chi connectivity index (χ4v) is 3.09. The van der Waals surface area contributed by atoms with Gasteiger partial charge in [0, 0.05) is 25.3 Å². The fourth-order valence-electron chi connectivity index (χ4n) is 3.09. The Morgan fingerprint density at radius 3 is 2.50 bits per heavy atom. The van der Waals surface area contributed by atoms with Crippen LogP contribution in [0.2, 0.25) is 0 Å². The first kappa shape index (κ1) is 14.8. The minimum atomic E-state index is 0.926. The van der Waals surface area contributed by atoms with E-state index in [1.807, 2.05) is 6.07 Å². The lowest BCUT2D eigenvalue weighted by Gasteiger charge is -2.20. The summed E-state index contributed by atoms with van der Waals surface area (Å²) < 4.78 is 0. The first-order valence-electron chi connectivity index (χ1n) is 8.25. The van der Waals surface area contributed by atoms with Crippen LogP contribution in [-0.2, 0) is 6.42 Å². The maximum absolute atomic E-state index is 6.24. The number of aryl methyl sites for hydroxylation is 1. The van der Waals surface area contributed by atoms with Gasteiger partial charge in [-0.15, -0.1) is 0 Å². The summed E-state index contributed by atoms with van der Waals surface area (Å²) >= 11 is 0. The number of nitrogens with one attached hydrogen (secondary N) is 1. The molecule has 0 amide bonds. The second-order valence-corrected chi connectivity index (χ2v) is 5.98. The standard InChI is InChI=1S/C19H25N3/c20-18-15-16(10-11-19(18)22-13-4-5-14-22)7-6-12-21-17-8-2-1-3-9-17/h1-3,8-11,15,21H,4-7,12-14,20H2. The monoisotopic (exact) mass is 295 g/mol. The van der Waals surface area contributed by atoms with Crippen LogP contribution in [-0.4, -0.2) is 19.6 Å². The van der Waals surface area contributed by atoms with E-state index in [1.54, 1.807) is 0 Å². The normalized spacial score (nSPS) is 14.3. The number of para-hydroxylation sites is 1. The van der Waals surface area contributed by atoms with Crippen molar-refractivity contribution in [3.05, 3.63) is 54.1 Å². The SMILES string of the molecule is Nc1cc(CCCNc2ccccc2)ccc1N1CCCC1. The molecule has 0 radical (unpaired) electrons. The third-order valence-electron chi connectivity index (χ3n) is 4.28. The van der Waals surface area contributed by atoms with Crippen LogP contribution < -0.4 is 16.0 Å². The van der Waals surface area contributed by atoms with Crippen molar-refractivity contribution < 1.29 is 0 Å². The maximum Gasteiger partial charge on any atom is 0.0600 e. The molecule has 3 N–H and O–H groups in total. The van der Waals surface area contributed by atoms with Crippen molar-refractivity contribution in [3.8, 4) is 0 Å². The molecule has 22 heavy (non-hydrogen) atoms. The predicted octanol–water partition coefficient (Wildman–Crippen LogP) is 3.91. The van der Waals surface area contributed by atoms with E-state index in [0.717, 1.165) is 38.2 Å². The molecule has 0 bridgehead atoms. The minimum absolute atomic E-state index is 0.926. The van der Waals surface area contributed by atoms with Gasteiger partial charge in [0.25, 0.3) is 0 Å². The van der Waals surface area contributed by atoms with Crippen molar-refractivity contribution in [3.63, 3.8) is 0 Å². The average molecular weight is 295 g/mol. The van der Waals surface area contributed by atoms with Crippen molar-refractivity contribution in [2.24, 2.45) is 0 Å². The van der Waals surface area contributed by atoms with Crippen LogP contribution >= 0.6 is 0 Å². The van der Waals surface area contributed by atoms with Crippen molar-refractivity contribution in [2.75, 3.05) is 35.6 Å². The van der Waals surface area contributed by atoms with Crippen molar-refractivity contribution in [2.45, 2.75) is 25.7 Å². The molecular weight excluding hydrogens is 270 g/mol. The summed E-state index contributed by atoms with van der Waals surface area (Å²) in [6.45, 7) is 3.27. The number of hydrogen-bond donors (Lipinski definition) is 2. The Morgan fingerprint density at radius 2 is 1.77 bits per heavy atom. The van der Waals surface area contributed by atoms with E-state index in [9.17, 15) is 0 Å². The van der Waals surface area contributed by atoms with Gasteiger partial charge >= 0.3 is 0 Å². The van der Waals surface area contributed by atoms with Crippen LogP contribution in [0.3, 0.4) is 0 Å². The van der Waals surface area contributed by atoms with Gasteiger partial charge in [0.1, 0.15) is 0 Å². The van der Waals surface area contributed by atoms with Gasteiger partial charge in [0.05, 0.1) is 11.4 Å². The van der Waals surface area contributed by atoms with Crippen molar-refractivity contribution >= 4 is 17.1 Å². The van der Waals surface area contributed by atoms with Gasteiger partial charge in [-0.25, -0.2) is 0 Å². The average Bonchev–Trinajstić information content (AvgIpc) is 3.07. The van der Waals surface area contributed by atoms with Crippen LogP contribution in [0.15, 0.2) is 48.5 Å². The minimum Gasteiger partial charge on any atom is -0.397 e. The molecule has 1 aliphatic heterocycles. The third kappa shape index (κ3) is 3.73. The zero-order valence-corrected chi connectivity index (χ0v) is 13.1. The molecule has 116 valence electrons. The van der Waals surface area contributed by atoms with Crippen LogP contribution in [0.1, 0.15) is 24.8 Å². The lowest BCUT2D eigenvalue weighted by molar-refractivity contribution is 0.862. The second kappa shape index (κ2) is 7.21. The van der Waals surface area contributed by atoms with Crippen LogP contribution in [0, 0.1) is 0 Å². The molecule has 0 aliphatic carbocycles. The highest BCUT2D eigenvalue weighted by molar-refractivity contribution is 5.68. The Labute approximate surface area is 133 Å². The van der Waals surface area contributed by atoms with Gasteiger partial charge in [0.2, 0.25) is 0 Å². The maximum atomic E-state index is 6.24. The van der Waals surface area contributed by atoms with Crippen LogP contribution in [0.5, 0.6) is 0 Å². The summed E-state index contributed by atoms with van der Waals surface area (Å²) in [6, 6.07) is 16.9. The van der Waals surface area contributed by atoms with Crippen LogP contribution in [0.4, 0.5) is 17.1 Å². The number of hydrogen-bond acceptors (Lipinski definition) is 3. The zero-order chi connectivity index (χ0) is 15.2. The summed E-state index contributed by atoms with van der Waals surface area (Å²) in [6.07, 6.45) is 4.74. The summed E-state index contributed by atoms with van der Waals surface area (Å²) in [4.78, 5) is 2.40. The molecule has 0 atom stereocenters. The summed E-state index contributed by atoms with van der Waals surface area (Å²) in [5.74, 6) is 0. The number of anilines is 3. The highest BCUT2D eigenvalue weighted by atomic mass is 15.1. The molecule has 2 aromatic rings. The number of nitrogens with zero attached hydrogens (tertiary/aromatic N) is 1. The Hall–Kier alpha value is -2.16. The zero-order valence-electron chi connectivity index (χ0n) is 13.1. The van der Waals surface area contributed by atoms with E-state index in [4.69, 9.17) is 5.73 Å². The van der Waals surface area contributed by atoms with E-state index >= 15 is 0 Å². The molecule has 0 spiro atoms. The van der Waals surface area contributed by atoms with Gasteiger partial charge in [-0.05, 0) is 55.5 Å². The highest BCUT2D eigenvalue weighted by Crippen LogP contribution is 2.27. The summed E-state index contributed by atoms with van der Waals surface area (Å²) in [5.41, 5.74) is 10.9. The summed E-state index contributed by atoms with van der Waals surface area (Å²) in [7, 11) is 0. The smallest absolute Gasteiger partial charge is 0.0600 e.